The number of benzene rings is 1. The molecule has 0 aliphatic rings. The summed E-state index contributed by atoms with van der Waals surface area (Å²) in [6.07, 6.45) is 1.64. The molecule has 0 aliphatic heterocycles. The molecule has 4 heteroatoms. The number of anilines is 1. The van der Waals surface area contributed by atoms with Crippen LogP contribution < -0.4 is 10.9 Å². The standard InChI is InChI=1S/C18H22N2O2/c1-13-9-10-20(17(22)11-13)12-16(21)19-15-7-5-14(6-8-15)18(2,3)4/h5-11H,12H2,1-4H3,(H,19,21). The summed E-state index contributed by atoms with van der Waals surface area (Å²) in [7, 11) is 0. The lowest BCUT2D eigenvalue weighted by molar-refractivity contribution is -0.116. The van der Waals surface area contributed by atoms with Crippen molar-refractivity contribution in [2.75, 3.05) is 5.32 Å². The lowest BCUT2D eigenvalue weighted by Crippen LogP contribution is -2.26. The second kappa shape index (κ2) is 6.18. The van der Waals surface area contributed by atoms with Gasteiger partial charge in [0, 0.05) is 18.0 Å². The number of nitrogens with zero attached hydrogens (tertiary/aromatic N) is 1. The fourth-order valence-corrected chi connectivity index (χ4v) is 2.15. The van der Waals surface area contributed by atoms with E-state index in [1.165, 1.54) is 16.2 Å². The first-order valence-electron chi connectivity index (χ1n) is 7.33. The summed E-state index contributed by atoms with van der Waals surface area (Å²) >= 11 is 0. The highest BCUT2D eigenvalue weighted by Gasteiger charge is 2.13. The Hall–Kier alpha value is -2.36. The van der Waals surface area contributed by atoms with E-state index < -0.39 is 0 Å². The summed E-state index contributed by atoms with van der Waals surface area (Å²) < 4.78 is 1.39. The Labute approximate surface area is 130 Å². The predicted molar refractivity (Wildman–Crippen MR) is 89.2 cm³/mol. The zero-order valence-corrected chi connectivity index (χ0v) is 13.5. The zero-order chi connectivity index (χ0) is 16.3. The quantitative estimate of drug-likeness (QED) is 0.946. The molecule has 0 unspecified atom stereocenters. The highest BCUT2D eigenvalue weighted by molar-refractivity contribution is 5.90. The van der Waals surface area contributed by atoms with E-state index in [4.69, 9.17) is 0 Å². The number of carbonyl (C=O) groups is 1. The Morgan fingerprint density at radius 3 is 2.32 bits per heavy atom. The highest BCUT2D eigenvalue weighted by Crippen LogP contribution is 2.23. The van der Waals surface area contributed by atoms with E-state index in [2.05, 4.69) is 26.1 Å². The zero-order valence-electron chi connectivity index (χ0n) is 13.5. The molecule has 1 heterocycles. The molecule has 0 fully saturated rings. The number of amides is 1. The van der Waals surface area contributed by atoms with Crippen molar-refractivity contribution >= 4 is 11.6 Å². The second-order valence-corrected chi connectivity index (χ2v) is 6.55. The third-order valence-electron chi connectivity index (χ3n) is 3.50. The number of aromatic nitrogens is 1. The van der Waals surface area contributed by atoms with Gasteiger partial charge in [0.15, 0.2) is 0 Å². The van der Waals surface area contributed by atoms with Crippen LogP contribution >= 0.6 is 0 Å². The van der Waals surface area contributed by atoms with Crippen LogP contribution in [-0.4, -0.2) is 10.5 Å². The summed E-state index contributed by atoms with van der Waals surface area (Å²) in [5.74, 6) is -0.213. The van der Waals surface area contributed by atoms with Gasteiger partial charge < -0.3 is 9.88 Å². The number of hydrogen-bond donors (Lipinski definition) is 1. The normalized spacial score (nSPS) is 11.3. The summed E-state index contributed by atoms with van der Waals surface area (Å²) in [5.41, 5.74) is 2.74. The Morgan fingerprint density at radius 2 is 1.77 bits per heavy atom. The van der Waals surface area contributed by atoms with Gasteiger partial charge in [-0.1, -0.05) is 32.9 Å². The molecule has 0 spiro atoms. The summed E-state index contributed by atoms with van der Waals surface area (Å²) in [6.45, 7) is 8.29. The number of nitrogens with one attached hydrogen (secondary N) is 1. The van der Waals surface area contributed by atoms with Gasteiger partial charge in [-0.25, -0.2) is 0 Å². The fraction of sp³-hybridized carbons (Fsp3) is 0.333. The molecular formula is C18H22N2O2. The van der Waals surface area contributed by atoms with Crippen molar-refractivity contribution < 1.29 is 4.79 Å². The molecule has 2 aromatic rings. The number of rotatable bonds is 3. The molecule has 1 aromatic heterocycles. The van der Waals surface area contributed by atoms with Gasteiger partial charge in [0.05, 0.1) is 0 Å². The minimum atomic E-state index is -0.213. The predicted octanol–water partition coefficient (Wildman–Crippen LogP) is 3.09. The minimum absolute atomic E-state index is 0.0140. The van der Waals surface area contributed by atoms with E-state index >= 15 is 0 Å². The lowest BCUT2D eigenvalue weighted by Gasteiger charge is -2.19. The molecule has 1 N–H and O–H groups in total. The maximum Gasteiger partial charge on any atom is 0.251 e. The average molecular weight is 298 g/mol. The van der Waals surface area contributed by atoms with Crippen molar-refractivity contribution in [3.8, 4) is 0 Å². The third-order valence-corrected chi connectivity index (χ3v) is 3.50. The van der Waals surface area contributed by atoms with E-state index in [0.29, 0.717) is 0 Å². The monoisotopic (exact) mass is 298 g/mol. The minimum Gasteiger partial charge on any atom is -0.325 e. The van der Waals surface area contributed by atoms with Gasteiger partial charge in [0.2, 0.25) is 5.91 Å². The summed E-state index contributed by atoms with van der Waals surface area (Å²) in [6, 6.07) is 11.1. The molecule has 0 saturated heterocycles. The highest BCUT2D eigenvalue weighted by atomic mass is 16.2. The van der Waals surface area contributed by atoms with Crippen LogP contribution in [-0.2, 0) is 16.8 Å². The third kappa shape index (κ3) is 4.07. The first kappa shape index (κ1) is 16.0. The number of aryl methyl sites for hydroxylation is 1. The Bertz CT molecular complexity index is 722. The van der Waals surface area contributed by atoms with Crippen molar-refractivity contribution in [3.05, 3.63) is 64.1 Å². The van der Waals surface area contributed by atoms with E-state index in [-0.39, 0.29) is 23.4 Å². The fourth-order valence-electron chi connectivity index (χ4n) is 2.15. The number of hydrogen-bond acceptors (Lipinski definition) is 2. The van der Waals surface area contributed by atoms with E-state index in [1.54, 1.807) is 6.20 Å². The van der Waals surface area contributed by atoms with E-state index in [0.717, 1.165) is 11.3 Å². The second-order valence-electron chi connectivity index (χ2n) is 6.55. The van der Waals surface area contributed by atoms with Crippen LogP contribution in [0.3, 0.4) is 0 Å². The van der Waals surface area contributed by atoms with Crippen LogP contribution in [0.25, 0.3) is 0 Å². The molecular weight excluding hydrogens is 276 g/mol. The molecule has 0 radical (unpaired) electrons. The largest absolute Gasteiger partial charge is 0.325 e. The van der Waals surface area contributed by atoms with Crippen LogP contribution in [0.4, 0.5) is 5.69 Å². The van der Waals surface area contributed by atoms with Gasteiger partial charge in [-0.2, -0.15) is 0 Å². The van der Waals surface area contributed by atoms with Gasteiger partial charge in [-0.3, -0.25) is 9.59 Å². The Kier molecular flexibility index (Phi) is 4.50. The summed E-state index contributed by atoms with van der Waals surface area (Å²) in [5, 5.41) is 2.81. The lowest BCUT2D eigenvalue weighted by atomic mass is 9.87. The van der Waals surface area contributed by atoms with E-state index in [9.17, 15) is 9.59 Å². The maximum absolute atomic E-state index is 12.0. The van der Waals surface area contributed by atoms with Crippen LogP contribution in [0.15, 0.2) is 47.4 Å². The van der Waals surface area contributed by atoms with Crippen LogP contribution in [0.2, 0.25) is 0 Å². The van der Waals surface area contributed by atoms with Crippen molar-refractivity contribution in [3.63, 3.8) is 0 Å². The topological polar surface area (TPSA) is 51.1 Å². The first-order chi connectivity index (χ1) is 10.3. The van der Waals surface area contributed by atoms with Crippen molar-refractivity contribution in [2.45, 2.75) is 39.7 Å². The molecule has 22 heavy (non-hydrogen) atoms. The SMILES string of the molecule is Cc1ccn(CC(=O)Nc2ccc(C(C)(C)C)cc2)c(=O)c1. The Balaban J connectivity index is 2.04. The van der Waals surface area contributed by atoms with Gasteiger partial charge >= 0.3 is 0 Å². The molecule has 116 valence electrons. The molecule has 1 amide bonds. The molecule has 0 aliphatic carbocycles. The first-order valence-corrected chi connectivity index (χ1v) is 7.33. The molecule has 2 rings (SSSR count). The molecule has 0 bridgehead atoms. The number of pyridine rings is 1. The van der Waals surface area contributed by atoms with Gasteiger partial charge in [0.1, 0.15) is 6.54 Å². The van der Waals surface area contributed by atoms with Crippen molar-refractivity contribution in [1.82, 2.24) is 4.57 Å². The summed E-state index contributed by atoms with van der Waals surface area (Å²) in [4.78, 5) is 23.8. The van der Waals surface area contributed by atoms with Crippen molar-refractivity contribution in [2.24, 2.45) is 0 Å². The van der Waals surface area contributed by atoms with Gasteiger partial charge in [-0.05, 0) is 41.7 Å². The van der Waals surface area contributed by atoms with Crippen LogP contribution in [0.1, 0.15) is 31.9 Å². The molecule has 0 saturated carbocycles. The van der Waals surface area contributed by atoms with Crippen LogP contribution in [0.5, 0.6) is 0 Å². The van der Waals surface area contributed by atoms with Gasteiger partial charge in [-0.15, -0.1) is 0 Å². The molecule has 4 nitrogen and oxygen atoms in total. The van der Waals surface area contributed by atoms with Crippen molar-refractivity contribution in [1.29, 1.82) is 0 Å². The molecule has 0 atom stereocenters. The number of carbonyl (C=O) groups excluding carboxylic acids is 1. The Morgan fingerprint density at radius 1 is 1.14 bits per heavy atom. The van der Waals surface area contributed by atoms with E-state index in [1.807, 2.05) is 37.3 Å². The maximum atomic E-state index is 12.0. The smallest absolute Gasteiger partial charge is 0.251 e. The average Bonchev–Trinajstić information content (AvgIpc) is 2.41. The van der Waals surface area contributed by atoms with Crippen LogP contribution in [0, 0.1) is 6.92 Å². The van der Waals surface area contributed by atoms with Gasteiger partial charge in [0.25, 0.3) is 5.56 Å². The molecule has 1 aromatic carbocycles.